The molecule has 3 unspecified atom stereocenters. The summed E-state index contributed by atoms with van der Waals surface area (Å²) in [5.41, 5.74) is 7.68. The van der Waals surface area contributed by atoms with Crippen molar-refractivity contribution < 1.29 is 4.74 Å². The fourth-order valence-electron chi connectivity index (χ4n) is 4.43. The number of hydrogen-bond donors (Lipinski definition) is 4. The molecule has 2 fully saturated rings. The molecule has 2 aliphatic rings. The number of piperidine rings is 1. The van der Waals surface area contributed by atoms with Crippen molar-refractivity contribution in [3.8, 4) is 11.5 Å². The van der Waals surface area contributed by atoms with E-state index in [2.05, 4.69) is 20.6 Å². The number of nitrogens with one attached hydrogen (secondary N) is 3. The molecule has 0 amide bonds. The molecule has 1 saturated carbocycles. The number of anilines is 2. The Morgan fingerprint density at radius 1 is 1.07 bits per heavy atom. The summed E-state index contributed by atoms with van der Waals surface area (Å²) < 4.78 is 5.92. The Morgan fingerprint density at radius 3 is 2.67 bits per heavy atom. The van der Waals surface area contributed by atoms with Crippen molar-refractivity contribution in [1.82, 2.24) is 15.3 Å². The highest BCUT2D eigenvalue weighted by Gasteiger charge is 2.39. The molecule has 5 N–H and O–H groups in total. The van der Waals surface area contributed by atoms with E-state index in [0.717, 1.165) is 18.7 Å². The summed E-state index contributed by atoms with van der Waals surface area (Å²) in [7, 11) is 0. The van der Waals surface area contributed by atoms with Crippen molar-refractivity contribution in [2.45, 2.75) is 24.9 Å². The largest absolute Gasteiger partial charge is 0.457 e. The molecule has 7 heteroatoms. The van der Waals surface area contributed by atoms with Crippen LogP contribution in [0.5, 0.6) is 11.5 Å². The first kappa shape index (κ1) is 18.6. The van der Waals surface area contributed by atoms with E-state index in [1.54, 1.807) is 0 Å². The van der Waals surface area contributed by atoms with Gasteiger partial charge in [-0.05, 0) is 49.6 Å². The molecule has 2 bridgehead atoms. The fraction of sp³-hybridized carbons (Fsp3) is 0.261. The van der Waals surface area contributed by atoms with Gasteiger partial charge < -0.3 is 21.1 Å². The van der Waals surface area contributed by atoms with Crippen LogP contribution in [0.4, 0.5) is 11.6 Å². The Bertz CT molecular complexity index is 1070. The Kier molecular flexibility index (Phi) is 4.80. The quantitative estimate of drug-likeness (QED) is 0.472. The van der Waals surface area contributed by atoms with E-state index in [4.69, 9.17) is 15.9 Å². The first-order valence-corrected chi connectivity index (χ1v) is 10.2. The lowest BCUT2D eigenvalue weighted by Crippen LogP contribution is -2.41. The minimum absolute atomic E-state index is 0.269. The van der Waals surface area contributed by atoms with Gasteiger partial charge in [0.05, 0.1) is 11.3 Å². The lowest BCUT2D eigenvalue weighted by atomic mass is 10.0. The van der Waals surface area contributed by atoms with Gasteiger partial charge in [0, 0.05) is 17.6 Å². The predicted octanol–water partition coefficient (Wildman–Crippen LogP) is 3.43. The van der Waals surface area contributed by atoms with E-state index >= 15 is 0 Å². The molecule has 0 radical (unpaired) electrons. The summed E-state index contributed by atoms with van der Waals surface area (Å²) in [5, 5.41) is 15.9. The van der Waals surface area contributed by atoms with E-state index in [-0.39, 0.29) is 11.8 Å². The van der Waals surface area contributed by atoms with Crippen molar-refractivity contribution in [3.63, 3.8) is 0 Å². The van der Waals surface area contributed by atoms with Crippen LogP contribution in [0.2, 0.25) is 0 Å². The van der Waals surface area contributed by atoms with Crippen LogP contribution < -0.4 is 21.1 Å². The van der Waals surface area contributed by atoms with Crippen molar-refractivity contribution in [2.24, 2.45) is 5.92 Å². The summed E-state index contributed by atoms with van der Waals surface area (Å²) >= 11 is 0. The van der Waals surface area contributed by atoms with E-state index in [1.165, 1.54) is 12.7 Å². The Balaban J connectivity index is 1.41. The zero-order valence-corrected chi connectivity index (χ0v) is 16.5. The van der Waals surface area contributed by atoms with Gasteiger partial charge in [-0.25, -0.2) is 9.97 Å². The maximum Gasteiger partial charge on any atom is 0.141 e. The minimum Gasteiger partial charge on any atom is -0.457 e. The van der Waals surface area contributed by atoms with Gasteiger partial charge in [-0.15, -0.1) is 0 Å². The smallest absolute Gasteiger partial charge is 0.141 e. The molecule has 1 aliphatic carbocycles. The average Bonchev–Trinajstić information content (AvgIpc) is 3.38. The molecule has 3 atom stereocenters. The molecule has 1 aromatic heterocycles. The second-order valence-electron chi connectivity index (χ2n) is 7.90. The number of fused-ring (bicyclic) bond motifs is 2. The lowest BCUT2D eigenvalue weighted by Gasteiger charge is -2.25. The highest BCUT2D eigenvalue weighted by Crippen LogP contribution is 2.34. The van der Waals surface area contributed by atoms with E-state index in [1.807, 2.05) is 54.6 Å². The normalized spacial score (nSPS) is 22.1. The Morgan fingerprint density at radius 2 is 1.90 bits per heavy atom. The van der Waals surface area contributed by atoms with Crippen LogP contribution in [0.3, 0.4) is 0 Å². The van der Waals surface area contributed by atoms with E-state index in [0.29, 0.717) is 40.5 Å². The van der Waals surface area contributed by atoms with Gasteiger partial charge in [0.25, 0.3) is 0 Å². The van der Waals surface area contributed by atoms with Crippen LogP contribution in [-0.4, -0.2) is 34.3 Å². The molecule has 1 aliphatic heterocycles. The molecule has 3 aromatic rings. The van der Waals surface area contributed by atoms with Crippen LogP contribution in [0.1, 0.15) is 24.0 Å². The van der Waals surface area contributed by atoms with Gasteiger partial charge in [0.15, 0.2) is 0 Å². The van der Waals surface area contributed by atoms with Crippen LogP contribution in [0.25, 0.3) is 0 Å². The topological polar surface area (TPSA) is 109 Å². The summed E-state index contributed by atoms with van der Waals surface area (Å²) in [6.07, 6.45) is 3.74. The predicted molar refractivity (Wildman–Crippen MR) is 117 cm³/mol. The van der Waals surface area contributed by atoms with Crippen LogP contribution >= 0.6 is 0 Å². The second-order valence-corrected chi connectivity index (χ2v) is 7.90. The van der Waals surface area contributed by atoms with Gasteiger partial charge in [0.2, 0.25) is 0 Å². The third-order valence-electron chi connectivity index (χ3n) is 5.88. The number of nitrogens with two attached hydrogens (primary N) is 1. The lowest BCUT2D eigenvalue weighted by molar-refractivity contribution is 0.465. The van der Waals surface area contributed by atoms with Crippen molar-refractivity contribution in [3.05, 3.63) is 72.1 Å². The van der Waals surface area contributed by atoms with E-state index in [9.17, 15) is 0 Å². The van der Waals surface area contributed by atoms with Crippen molar-refractivity contribution in [2.75, 3.05) is 17.6 Å². The third kappa shape index (κ3) is 3.59. The van der Waals surface area contributed by atoms with Crippen LogP contribution in [0.15, 0.2) is 60.9 Å². The molecule has 152 valence electrons. The van der Waals surface area contributed by atoms with Crippen LogP contribution in [-0.2, 0) is 0 Å². The standard InChI is InChI=1S/C23H24N6O/c24-21(15-5-4-8-17(11-15)30-16-6-2-1-3-7-16)20-22(25)27-13-28-23(20)29-19-10-14-9-18(19)26-12-14/h1-8,11,13-14,18-19,24,26H,9-10,12H2,(H3,25,27,28,29). The molecule has 1 saturated heterocycles. The average molecular weight is 400 g/mol. The molecule has 0 spiro atoms. The molecule has 2 aromatic carbocycles. The number of aromatic nitrogens is 2. The maximum absolute atomic E-state index is 8.84. The van der Waals surface area contributed by atoms with Gasteiger partial charge in [-0.3, -0.25) is 5.41 Å². The third-order valence-corrected chi connectivity index (χ3v) is 5.88. The van der Waals surface area contributed by atoms with Gasteiger partial charge in [0.1, 0.15) is 29.5 Å². The maximum atomic E-state index is 8.84. The first-order valence-electron chi connectivity index (χ1n) is 10.2. The number of nitrogens with zero attached hydrogens (tertiary/aromatic N) is 2. The number of nitrogen functional groups attached to an aromatic ring is 1. The van der Waals surface area contributed by atoms with Gasteiger partial charge in [-0.2, -0.15) is 0 Å². The monoisotopic (exact) mass is 400 g/mol. The number of ether oxygens (including phenoxy) is 1. The Labute approximate surface area is 175 Å². The summed E-state index contributed by atoms with van der Waals surface area (Å²) in [5.74, 6) is 3.02. The number of para-hydroxylation sites is 1. The number of hydrogen-bond acceptors (Lipinski definition) is 7. The fourth-order valence-corrected chi connectivity index (χ4v) is 4.43. The van der Waals surface area contributed by atoms with Gasteiger partial charge in [-0.1, -0.05) is 30.3 Å². The molecular formula is C23H24N6O. The van der Waals surface area contributed by atoms with Crippen molar-refractivity contribution in [1.29, 1.82) is 5.41 Å². The molecular weight excluding hydrogens is 376 g/mol. The highest BCUT2D eigenvalue weighted by atomic mass is 16.5. The summed E-state index contributed by atoms with van der Waals surface area (Å²) in [6, 6.07) is 17.8. The van der Waals surface area contributed by atoms with Crippen molar-refractivity contribution >= 4 is 17.3 Å². The van der Waals surface area contributed by atoms with E-state index < -0.39 is 0 Å². The number of benzene rings is 2. The SMILES string of the molecule is N=C(c1cccc(Oc2ccccc2)c1)c1c(N)ncnc1NC1CC2CNC1C2. The number of rotatable bonds is 6. The van der Waals surface area contributed by atoms with Gasteiger partial charge >= 0.3 is 0 Å². The van der Waals surface area contributed by atoms with Crippen LogP contribution in [0, 0.1) is 11.3 Å². The Hall–Kier alpha value is -3.45. The second kappa shape index (κ2) is 7.76. The highest BCUT2D eigenvalue weighted by molar-refractivity contribution is 6.16. The first-order chi connectivity index (χ1) is 14.7. The molecule has 30 heavy (non-hydrogen) atoms. The minimum atomic E-state index is 0.269. The molecule has 7 nitrogen and oxygen atoms in total. The summed E-state index contributed by atoms with van der Waals surface area (Å²) in [4.78, 5) is 8.56. The zero-order chi connectivity index (χ0) is 20.5. The summed E-state index contributed by atoms with van der Waals surface area (Å²) in [6.45, 7) is 1.09. The molecule has 5 rings (SSSR count). The molecule has 2 heterocycles. The zero-order valence-electron chi connectivity index (χ0n) is 16.5.